The summed E-state index contributed by atoms with van der Waals surface area (Å²) in [4.78, 5) is 16.5. The first-order valence-corrected chi connectivity index (χ1v) is 8.64. The third kappa shape index (κ3) is 4.11. The van der Waals surface area contributed by atoms with Crippen LogP contribution in [-0.2, 0) is 11.3 Å². The molecule has 0 radical (unpaired) electrons. The number of hydrogen-bond acceptors (Lipinski definition) is 3. The van der Waals surface area contributed by atoms with Gasteiger partial charge in [0.2, 0.25) is 0 Å². The summed E-state index contributed by atoms with van der Waals surface area (Å²) in [5, 5.41) is 2.92. The fourth-order valence-electron chi connectivity index (χ4n) is 2.69. The number of para-hydroxylation sites is 1. The summed E-state index contributed by atoms with van der Waals surface area (Å²) in [6.45, 7) is 6.14. The minimum atomic E-state index is -0.552. The smallest absolute Gasteiger partial charge is 0.261 e. The van der Waals surface area contributed by atoms with Crippen LogP contribution in [0.25, 0.3) is 5.69 Å². The first-order chi connectivity index (χ1) is 12.5. The van der Waals surface area contributed by atoms with Crippen molar-refractivity contribution in [3.05, 3.63) is 77.9 Å². The fraction of sp³-hybridized carbons (Fsp3) is 0.238. The Bertz CT molecular complexity index is 884. The van der Waals surface area contributed by atoms with E-state index in [2.05, 4.69) is 10.3 Å². The Morgan fingerprint density at radius 3 is 2.54 bits per heavy atom. The highest BCUT2D eigenvalue weighted by molar-refractivity contribution is 5.80. The van der Waals surface area contributed by atoms with Crippen molar-refractivity contribution in [3.8, 4) is 11.4 Å². The normalized spacial score (nSPS) is 11.8. The highest BCUT2D eigenvalue weighted by atomic mass is 16.5. The lowest BCUT2D eigenvalue weighted by molar-refractivity contribution is -0.127. The number of benzene rings is 2. The molecule has 1 heterocycles. The Morgan fingerprint density at radius 2 is 1.88 bits per heavy atom. The summed E-state index contributed by atoms with van der Waals surface area (Å²) in [5.41, 5.74) is 3.09. The molecule has 3 aromatic rings. The Hall–Kier alpha value is -3.08. The summed E-state index contributed by atoms with van der Waals surface area (Å²) < 4.78 is 7.77. The van der Waals surface area contributed by atoms with E-state index in [4.69, 9.17) is 4.74 Å². The summed E-state index contributed by atoms with van der Waals surface area (Å²) in [5.74, 6) is 1.53. The van der Waals surface area contributed by atoms with Gasteiger partial charge in [-0.05, 0) is 50.1 Å². The number of carbonyl (C=O) groups excluding carboxylic acids is 1. The largest absolute Gasteiger partial charge is 0.481 e. The Balaban J connectivity index is 1.56. The Kier molecular flexibility index (Phi) is 5.37. The number of aromatic nitrogens is 2. The second-order valence-electron chi connectivity index (χ2n) is 6.25. The van der Waals surface area contributed by atoms with Crippen molar-refractivity contribution < 1.29 is 9.53 Å². The molecule has 1 N–H and O–H groups in total. The molecule has 1 aromatic heterocycles. The first-order valence-electron chi connectivity index (χ1n) is 8.64. The van der Waals surface area contributed by atoms with Crippen LogP contribution >= 0.6 is 0 Å². The van der Waals surface area contributed by atoms with Crippen molar-refractivity contribution in [2.45, 2.75) is 33.4 Å². The van der Waals surface area contributed by atoms with E-state index in [1.807, 2.05) is 73.1 Å². The van der Waals surface area contributed by atoms with E-state index in [-0.39, 0.29) is 5.91 Å². The summed E-state index contributed by atoms with van der Waals surface area (Å²) in [6, 6.07) is 15.7. The molecule has 1 atom stereocenters. The maximum Gasteiger partial charge on any atom is 0.261 e. The Labute approximate surface area is 153 Å². The van der Waals surface area contributed by atoms with Gasteiger partial charge in [-0.1, -0.05) is 30.3 Å². The number of rotatable bonds is 6. The van der Waals surface area contributed by atoms with Crippen molar-refractivity contribution in [1.82, 2.24) is 14.9 Å². The van der Waals surface area contributed by atoms with Crippen LogP contribution < -0.4 is 10.1 Å². The van der Waals surface area contributed by atoms with Crippen molar-refractivity contribution >= 4 is 5.91 Å². The predicted octanol–water partition coefficient (Wildman–Crippen LogP) is 3.57. The van der Waals surface area contributed by atoms with Gasteiger partial charge >= 0.3 is 0 Å². The van der Waals surface area contributed by atoms with Crippen LogP contribution in [0.4, 0.5) is 0 Å². The molecule has 1 amide bonds. The molecule has 5 heteroatoms. The van der Waals surface area contributed by atoms with Crippen LogP contribution in [0.1, 0.15) is 23.9 Å². The molecule has 26 heavy (non-hydrogen) atoms. The number of carbonyl (C=O) groups is 1. The zero-order chi connectivity index (χ0) is 18.5. The van der Waals surface area contributed by atoms with E-state index < -0.39 is 6.10 Å². The maximum absolute atomic E-state index is 12.3. The molecule has 5 nitrogen and oxygen atoms in total. The Morgan fingerprint density at radius 1 is 1.15 bits per heavy atom. The molecule has 0 saturated carbocycles. The maximum atomic E-state index is 12.3. The third-order valence-electron chi connectivity index (χ3n) is 4.27. The topological polar surface area (TPSA) is 56.1 Å². The van der Waals surface area contributed by atoms with E-state index in [0.717, 1.165) is 28.4 Å². The van der Waals surface area contributed by atoms with E-state index in [9.17, 15) is 4.79 Å². The number of amides is 1. The van der Waals surface area contributed by atoms with E-state index >= 15 is 0 Å². The molecule has 0 aliphatic carbocycles. The molecule has 0 unspecified atom stereocenters. The highest BCUT2D eigenvalue weighted by Gasteiger charge is 2.15. The number of imidazole rings is 1. The van der Waals surface area contributed by atoms with Crippen molar-refractivity contribution in [2.24, 2.45) is 0 Å². The van der Waals surface area contributed by atoms with Gasteiger partial charge in [0.15, 0.2) is 6.10 Å². The van der Waals surface area contributed by atoms with Gasteiger partial charge in [0, 0.05) is 24.6 Å². The molecule has 134 valence electrons. The molecule has 0 fully saturated rings. The van der Waals surface area contributed by atoms with E-state index in [0.29, 0.717) is 6.54 Å². The van der Waals surface area contributed by atoms with Gasteiger partial charge in [-0.25, -0.2) is 4.98 Å². The van der Waals surface area contributed by atoms with Gasteiger partial charge in [0.25, 0.3) is 5.91 Å². The summed E-state index contributed by atoms with van der Waals surface area (Å²) in [6.07, 6.45) is 3.15. The quantitative estimate of drug-likeness (QED) is 0.740. The van der Waals surface area contributed by atoms with E-state index in [1.54, 1.807) is 13.1 Å². The number of hydrogen-bond donors (Lipinski definition) is 1. The molecule has 3 rings (SSSR count). The molecule has 0 saturated heterocycles. The van der Waals surface area contributed by atoms with Crippen LogP contribution in [0.3, 0.4) is 0 Å². The van der Waals surface area contributed by atoms with Crippen molar-refractivity contribution in [3.63, 3.8) is 0 Å². The number of aryl methyl sites for hydroxylation is 2. The molecular formula is C21H23N3O2. The lowest BCUT2D eigenvalue weighted by Gasteiger charge is -2.16. The lowest BCUT2D eigenvalue weighted by Crippen LogP contribution is -2.36. The monoisotopic (exact) mass is 349 g/mol. The third-order valence-corrected chi connectivity index (χ3v) is 4.27. The predicted molar refractivity (Wildman–Crippen MR) is 101 cm³/mol. The van der Waals surface area contributed by atoms with Crippen LogP contribution in [0.5, 0.6) is 5.75 Å². The average molecular weight is 349 g/mol. The molecule has 0 bridgehead atoms. The number of nitrogens with zero attached hydrogens (tertiary/aromatic N) is 2. The first kappa shape index (κ1) is 17.7. The van der Waals surface area contributed by atoms with Gasteiger partial charge in [0.05, 0.1) is 0 Å². The second-order valence-corrected chi connectivity index (χ2v) is 6.25. The summed E-state index contributed by atoms with van der Waals surface area (Å²) >= 11 is 0. The van der Waals surface area contributed by atoms with Gasteiger partial charge < -0.3 is 14.6 Å². The fourth-order valence-corrected chi connectivity index (χ4v) is 2.69. The van der Waals surface area contributed by atoms with Gasteiger partial charge in [-0.3, -0.25) is 4.79 Å². The minimum absolute atomic E-state index is 0.136. The molecule has 0 aliphatic rings. The lowest BCUT2D eigenvalue weighted by atomic mass is 10.2. The van der Waals surface area contributed by atoms with Crippen LogP contribution in [0.15, 0.2) is 60.9 Å². The van der Waals surface area contributed by atoms with E-state index in [1.165, 1.54) is 0 Å². The molecular weight excluding hydrogens is 326 g/mol. The minimum Gasteiger partial charge on any atom is -0.481 e. The van der Waals surface area contributed by atoms with Crippen LogP contribution in [0, 0.1) is 13.8 Å². The summed E-state index contributed by atoms with van der Waals surface area (Å²) in [7, 11) is 0. The highest BCUT2D eigenvalue weighted by Crippen LogP contribution is 2.18. The SMILES string of the molecule is Cc1ccccc1O[C@@H](C)C(=O)NCc1ccc(-n2ccnc2C)cc1. The second kappa shape index (κ2) is 7.87. The van der Waals surface area contributed by atoms with Gasteiger partial charge in [-0.2, -0.15) is 0 Å². The molecule has 0 aliphatic heterocycles. The van der Waals surface area contributed by atoms with Crippen LogP contribution in [0.2, 0.25) is 0 Å². The zero-order valence-corrected chi connectivity index (χ0v) is 15.3. The average Bonchev–Trinajstić information content (AvgIpc) is 3.08. The number of ether oxygens (including phenoxy) is 1. The standard InChI is InChI=1S/C21H23N3O2/c1-15-6-4-5-7-20(15)26-16(2)21(25)23-14-18-8-10-19(11-9-18)24-13-12-22-17(24)3/h4-13,16H,14H2,1-3H3,(H,23,25)/t16-/m0/s1. The van der Waals surface area contributed by atoms with Gasteiger partial charge in [0.1, 0.15) is 11.6 Å². The number of nitrogens with one attached hydrogen (secondary N) is 1. The molecule has 0 spiro atoms. The zero-order valence-electron chi connectivity index (χ0n) is 15.3. The van der Waals surface area contributed by atoms with Crippen molar-refractivity contribution in [2.75, 3.05) is 0 Å². The molecule has 2 aromatic carbocycles. The van der Waals surface area contributed by atoms with Crippen molar-refractivity contribution in [1.29, 1.82) is 0 Å². The van der Waals surface area contributed by atoms with Gasteiger partial charge in [-0.15, -0.1) is 0 Å². The van der Waals surface area contributed by atoms with Crippen LogP contribution in [-0.4, -0.2) is 21.6 Å².